The summed E-state index contributed by atoms with van der Waals surface area (Å²) in [6.45, 7) is 1.98. The molecule has 1 fully saturated rings. The molecule has 25 heavy (non-hydrogen) atoms. The number of nitriles is 1. The van der Waals surface area contributed by atoms with Gasteiger partial charge in [0.1, 0.15) is 17.9 Å². The molecule has 4 heteroatoms. The topological polar surface area (TPSA) is 62.3 Å². The number of rotatable bonds is 3. The van der Waals surface area contributed by atoms with Crippen molar-refractivity contribution in [3.05, 3.63) is 65.2 Å². The number of nitrogens with two attached hydrogens (primary N) is 1. The monoisotopic (exact) mass is 333 g/mol. The van der Waals surface area contributed by atoms with Crippen LogP contribution in [-0.2, 0) is 6.42 Å². The van der Waals surface area contributed by atoms with Crippen LogP contribution in [0.15, 0.2) is 48.5 Å². The van der Waals surface area contributed by atoms with Crippen molar-refractivity contribution < 1.29 is 4.74 Å². The zero-order valence-corrected chi connectivity index (χ0v) is 14.3. The van der Waals surface area contributed by atoms with E-state index >= 15 is 0 Å². The maximum absolute atomic E-state index is 9.38. The zero-order valence-electron chi connectivity index (χ0n) is 14.3. The van der Waals surface area contributed by atoms with Gasteiger partial charge in [0.05, 0.1) is 11.6 Å². The number of para-hydroxylation sites is 1. The molecule has 128 valence electrons. The molecule has 2 aromatic carbocycles. The Morgan fingerprint density at radius 1 is 1.12 bits per heavy atom. The number of hydrogen-bond donors (Lipinski definition) is 1. The van der Waals surface area contributed by atoms with E-state index in [1.165, 1.54) is 11.1 Å². The molecule has 0 bridgehead atoms. The van der Waals surface area contributed by atoms with Crippen LogP contribution in [0.5, 0.6) is 5.75 Å². The average Bonchev–Trinajstić information content (AvgIpc) is 3.01. The van der Waals surface area contributed by atoms with Crippen molar-refractivity contribution >= 4 is 0 Å². The lowest BCUT2D eigenvalue weighted by Crippen LogP contribution is -2.49. The summed E-state index contributed by atoms with van der Waals surface area (Å²) in [5, 5.41) is 9.38. The third-order valence-corrected chi connectivity index (χ3v) is 5.36. The van der Waals surface area contributed by atoms with Gasteiger partial charge in [0.25, 0.3) is 0 Å². The fourth-order valence-corrected chi connectivity index (χ4v) is 4.14. The second-order valence-corrected chi connectivity index (χ2v) is 7.01. The van der Waals surface area contributed by atoms with Gasteiger partial charge in [-0.15, -0.1) is 0 Å². The maximum atomic E-state index is 9.38. The quantitative estimate of drug-likeness (QED) is 0.938. The number of nitrogens with zero attached hydrogens (tertiary/aromatic N) is 2. The molecular formula is C21H23N3O. The van der Waals surface area contributed by atoms with E-state index in [1.807, 2.05) is 24.3 Å². The lowest BCUT2D eigenvalue weighted by molar-refractivity contribution is 0.0591. The van der Waals surface area contributed by atoms with E-state index in [0.717, 1.165) is 32.4 Å². The first-order valence-electron chi connectivity index (χ1n) is 8.99. The molecule has 1 heterocycles. The van der Waals surface area contributed by atoms with E-state index in [9.17, 15) is 5.26 Å². The summed E-state index contributed by atoms with van der Waals surface area (Å²) < 4.78 is 6.42. The molecule has 0 amide bonds. The molecule has 0 saturated carbocycles. The number of hydrogen-bond acceptors (Lipinski definition) is 4. The first-order chi connectivity index (χ1) is 12.3. The van der Waals surface area contributed by atoms with Crippen molar-refractivity contribution in [2.24, 2.45) is 5.73 Å². The van der Waals surface area contributed by atoms with Gasteiger partial charge in [-0.3, -0.25) is 4.90 Å². The molecule has 0 aromatic heterocycles. The van der Waals surface area contributed by atoms with Crippen LogP contribution >= 0.6 is 0 Å². The number of piperidine rings is 1. The minimum atomic E-state index is -0.0593. The van der Waals surface area contributed by atoms with Gasteiger partial charge in [-0.1, -0.05) is 36.4 Å². The third-order valence-electron chi connectivity index (χ3n) is 5.36. The van der Waals surface area contributed by atoms with Gasteiger partial charge in [-0.05, 0) is 49.1 Å². The van der Waals surface area contributed by atoms with Crippen LogP contribution in [-0.4, -0.2) is 30.1 Å². The normalized spacial score (nSPS) is 26.0. The fourth-order valence-electron chi connectivity index (χ4n) is 4.14. The predicted octanol–water partition coefficient (Wildman–Crippen LogP) is 3.03. The fraction of sp³-hybridized carbons (Fsp3) is 0.381. The van der Waals surface area contributed by atoms with Gasteiger partial charge >= 0.3 is 0 Å². The molecule has 0 radical (unpaired) electrons. The highest BCUT2D eigenvalue weighted by Crippen LogP contribution is 2.39. The van der Waals surface area contributed by atoms with E-state index < -0.39 is 0 Å². The molecule has 1 aliphatic carbocycles. The van der Waals surface area contributed by atoms with E-state index in [1.54, 1.807) is 0 Å². The van der Waals surface area contributed by atoms with Crippen LogP contribution in [0.25, 0.3) is 0 Å². The summed E-state index contributed by atoms with van der Waals surface area (Å²) in [6, 6.07) is 18.7. The van der Waals surface area contributed by atoms with Crippen LogP contribution in [0, 0.1) is 11.3 Å². The molecule has 3 atom stereocenters. The average molecular weight is 333 g/mol. The first-order valence-corrected chi connectivity index (χ1v) is 8.99. The molecule has 4 nitrogen and oxygen atoms in total. The van der Waals surface area contributed by atoms with Crippen molar-refractivity contribution in [2.45, 2.75) is 37.5 Å². The lowest BCUT2D eigenvalue weighted by atomic mass is 10.0. The smallest absolute Gasteiger partial charge is 0.140 e. The van der Waals surface area contributed by atoms with E-state index in [0.29, 0.717) is 11.3 Å². The van der Waals surface area contributed by atoms with Gasteiger partial charge in [0.15, 0.2) is 0 Å². The number of fused-ring (bicyclic) bond motifs is 1. The van der Waals surface area contributed by atoms with Crippen LogP contribution < -0.4 is 10.5 Å². The summed E-state index contributed by atoms with van der Waals surface area (Å²) in [6.07, 6.45) is 3.15. The number of ether oxygens (including phenoxy) is 1. The molecule has 1 aliphatic heterocycles. The second-order valence-electron chi connectivity index (χ2n) is 7.01. The summed E-state index contributed by atoms with van der Waals surface area (Å²) >= 11 is 0. The summed E-state index contributed by atoms with van der Waals surface area (Å²) in [7, 11) is 0. The van der Waals surface area contributed by atoms with Crippen molar-refractivity contribution in [2.75, 3.05) is 13.1 Å². The van der Waals surface area contributed by atoms with Gasteiger partial charge in [0.2, 0.25) is 0 Å². The van der Waals surface area contributed by atoms with Gasteiger partial charge in [-0.2, -0.15) is 5.26 Å². The highest BCUT2D eigenvalue weighted by atomic mass is 16.5. The predicted molar refractivity (Wildman–Crippen MR) is 97.2 cm³/mol. The van der Waals surface area contributed by atoms with Gasteiger partial charge in [0, 0.05) is 12.6 Å². The molecule has 2 aliphatic rings. The van der Waals surface area contributed by atoms with Crippen LogP contribution in [0.4, 0.5) is 0 Å². The standard InChI is InChI=1S/C21H23N3O/c22-13-16-7-2-4-10-20(16)25-21-18-9-3-1-6-15(18)12-19(21)24-11-5-8-17(23)14-24/h1-4,6-7,9-10,17,19,21H,5,8,11-12,14,23H2. The minimum Gasteiger partial charge on any atom is -0.483 e. The number of likely N-dealkylation sites (tertiary alicyclic amines) is 1. The Balaban J connectivity index is 1.66. The SMILES string of the molecule is N#Cc1ccccc1OC1c2ccccc2CC1N1CCCC(N)C1. The van der Waals surface area contributed by atoms with Crippen molar-refractivity contribution in [1.29, 1.82) is 5.26 Å². The van der Waals surface area contributed by atoms with Crippen LogP contribution in [0.2, 0.25) is 0 Å². The first kappa shape index (κ1) is 16.1. The van der Waals surface area contributed by atoms with Crippen LogP contribution in [0.3, 0.4) is 0 Å². The highest BCUT2D eigenvalue weighted by Gasteiger charge is 2.39. The van der Waals surface area contributed by atoms with Gasteiger partial charge < -0.3 is 10.5 Å². The lowest BCUT2D eigenvalue weighted by Gasteiger charge is -2.38. The molecule has 0 spiro atoms. The molecule has 4 rings (SSSR count). The Morgan fingerprint density at radius 2 is 1.92 bits per heavy atom. The zero-order chi connectivity index (χ0) is 17.2. The minimum absolute atomic E-state index is 0.0593. The van der Waals surface area contributed by atoms with E-state index in [4.69, 9.17) is 10.5 Å². The Labute approximate surface area is 148 Å². The van der Waals surface area contributed by atoms with E-state index in [2.05, 4.69) is 35.2 Å². The molecule has 3 unspecified atom stereocenters. The summed E-state index contributed by atoms with van der Waals surface area (Å²) in [4.78, 5) is 2.48. The Kier molecular flexibility index (Phi) is 4.44. The van der Waals surface area contributed by atoms with Crippen LogP contribution in [0.1, 0.15) is 35.6 Å². The molecular weight excluding hydrogens is 310 g/mol. The Morgan fingerprint density at radius 3 is 2.76 bits per heavy atom. The van der Waals surface area contributed by atoms with Gasteiger partial charge in [-0.25, -0.2) is 0 Å². The molecule has 1 saturated heterocycles. The maximum Gasteiger partial charge on any atom is 0.140 e. The second kappa shape index (κ2) is 6.87. The van der Waals surface area contributed by atoms with E-state index in [-0.39, 0.29) is 18.2 Å². The number of benzene rings is 2. The highest BCUT2D eigenvalue weighted by molar-refractivity contribution is 5.44. The molecule has 2 aromatic rings. The third kappa shape index (κ3) is 3.13. The Hall–Kier alpha value is -2.35. The molecule has 2 N–H and O–H groups in total. The van der Waals surface area contributed by atoms with Crippen molar-refractivity contribution in [3.8, 4) is 11.8 Å². The van der Waals surface area contributed by atoms with Crippen molar-refractivity contribution in [1.82, 2.24) is 4.90 Å². The largest absolute Gasteiger partial charge is 0.483 e. The Bertz CT molecular complexity index is 798. The summed E-state index contributed by atoms with van der Waals surface area (Å²) in [5.41, 5.74) is 9.37. The van der Waals surface area contributed by atoms with Crippen molar-refractivity contribution in [3.63, 3.8) is 0 Å². The summed E-state index contributed by atoms with van der Waals surface area (Å²) in [5.74, 6) is 0.665.